The predicted octanol–water partition coefficient (Wildman–Crippen LogP) is 3.52. The van der Waals surface area contributed by atoms with E-state index in [1.807, 2.05) is 52.8 Å². The van der Waals surface area contributed by atoms with Gasteiger partial charge in [-0.25, -0.2) is 4.79 Å². The third-order valence-electron chi connectivity index (χ3n) is 3.01. The molecule has 0 fully saturated rings. The maximum absolute atomic E-state index is 11.5. The fourth-order valence-electron chi connectivity index (χ4n) is 2.16. The number of nitrogens with one attached hydrogen (secondary N) is 2. The number of fused-ring (bicyclic) bond motifs is 1. The van der Waals surface area contributed by atoms with Crippen molar-refractivity contribution in [1.82, 2.24) is 5.32 Å². The van der Waals surface area contributed by atoms with Crippen molar-refractivity contribution in [3.8, 4) is 11.5 Å². The molecule has 6 heteroatoms. The molecule has 2 rings (SSSR count). The van der Waals surface area contributed by atoms with Crippen molar-refractivity contribution >= 4 is 11.8 Å². The van der Waals surface area contributed by atoms with E-state index in [0.717, 1.165) is 30.2 Å². The van der Waals surface area contributed by atoms with Crippen molar-refractivity contribution in [2.45, 2.75) is 52.4 Å². The number of anilines is 1. The van der Waals surface area contributed by atoms with Gasteiger partial charge in [0, 0.05) is 38.7 Å². The average Bonchev–Trinajstić information content (AvgIpc) is 2.69. The maximum atomic E-state index is 11.5. The largest absolute Gasteiger partial charge is 0.449 e. The molecule has 0 saturated carbocycles. The lowest BCUT2D eigenvalue weighted by Crippen LogP contribution is -2.33. The quantitative estimate of drug-likeness (QED) is 0.812. The number of carbonyl (C=O) groups is 1. The summed E-state index contributed by atoms with van der Waals surface area (Å²) in [5.74, 6) is 0.886. The van der Waals surface area contributed by atoms with Gasteiger partial charge in [0.15, 0.2) is 11.5 Å². The normalized spacial score (nSPS) is 15.2. The minimum absolute atomic E-state index is 0.386. The van der Waals surface area contributed by atoms with Crippen LogP contribution in [0.15, 0.2) is 18.2 Å². The van der Waals surface area contributed by atoms with Gasteiger partial charge in [0.1, 0.15) is 5.60 Å². The first-order valence-electron chi connectivity index (χ1n) is 7.87. The first kappa shape index (κ1) is 17.2. The van der Waals surface area contributed by atoms with E-state index in [-0.39, 0.29) is 6.09 Å². The van der Waals surface area contributed by atoms with Crippen LogP contribution in [-0.2, 0) is 4.74 Å². The molecule has 0 aromatic heterocycles. The van der Waals surface area contributed by atoms with Crippen LogP contribution in [0.1, 0.15) is 41.0 Å². The molecule has 0 atom stereocenters. The summed E-state index contributed by atoms with van der Waals surface area (Å²) in [7, 11) is 0. The van der Waals surface area contributed by atoms with Gasteiger partial charge in [0.25, 0.3) is 0 Å². The molecule has 6 nitrogen and oxygen atoms in total. The van der Waals surface area contributed by atoms with E-state index >= 15 is 0 Å². The highest BCUT2D eigenvalue weighted by molar-refractivity contribution is 5.67. The molecular formula is C17H26N2O4. The van der Waals surface area contributed by atoms with E-state index in [0.29, 0.717) is 6.54 Å². The molecule has 0 saturated heterocycles. The lowest BCUT2D eigenvalue weighted by Gasteiger charge is -2.19. The monoisotopic (exact) mass is 322 g/mol. The smallest absolute Gasteiger partial charge is 0.407 e. The number of hydrogen-bond acceptors (Lipinski definition) is 5. The summed E-state index contributed by atoms with van der Waals surface area (Å²) in [4.78, 5) is 11.5. The average molecular weight is 322 g/mol. The molecule has 2 N–H and O–H groups in total. The number of alkyl carbamates (subject to hydrolysis) is 1. The molecule has 23 heavy (non-hydrogen) atoms. The van der Waals surface area contributed by atoms with Gasteiger partial charge in [-0.2, -0.15) is 0 Å². The Kier molecular flexibility index (Phi) is 4.92. The van der Waals surface area contributed by atoms with E-state index < -0.39 is 11.4 Å². The van der Waals surface area contributed by atoms with Gasteiger partial charge < -0.3 is 24.8 Å². The van der Waals surface area contributed by atoms with Gasteiger partial charge in [-0.3, -0.25) is 0 Å². The van der Waals surface area contributed by atoms with Crippen LogP contribution < -0.4 is 20.1 Å². The summed E-state index contributed by atoms with van der Waals surface area (Å²) in [6, 6.07) is 5.77. The van der Waals surface area contributed by atoms with Crippen molar-refractivity contribution in [1.29, 1.82) is 0 Å². The van der Waals surface area contributed by atoms with Crippen molar-refractivity contribution in [3.63, 3.8) is 0 Å². The van der Waals surface area contributed by atoms with Crippen LogP contribution in [0.3, 0.4) is 0 Å². The number of ether oxygens (including phenoxy) is 3. The van der Waals surface area contributed by atoms with Crippen LogP contribution >= 0.6 is 0 Å². The number of carbonyl (C=O) groups excluding carboxylic acids is 1. The molecule has 0 aliphatic carbocycles. The molecule has 1 aromatic rings. The Labute approximate surface area is 137 Å². The zero-order valence-corrected chi connectivity index (χ0v) is 14.5. The van der Waals surface area contributed by atoms with Gasteiger partial charge in [-0.05, 0) is 39.3 Å². The molecule has 1 aliphatic heterocycles. The Morgan fingerprint density at radius 3 is 2.57 bits per heavy atom. The van der Waals surface area contributed by atoms with Crippen molar-refractivity contribution in [3.05, 3.63) is 18.2 Å². The summed E-state index contributed by atoms with van der Waals surface area (Å²) in [6.07, 6.45) is 0.405. The Morgan fingerprint density at radius 1 is 1.17 bits per heavy atom. The fraction of sp³-hybridized carbons (Fsp3) is 0.588. The van der Waals surface area contributed by atoms with Crippen LogP contribution in [0.25, 0.3) is 0 Å². The van der Waals surface area contributed by atoms with Crippen LogP contribution in [0.5, 0.6) is 11.5 Å². The van der Waals surface area contributed by atoms with Crippen LogP contribution in [0, 0.1) is 0 Å². The Bertz CT molecular complexity index is 564. The van der Waals surface area contributed by atoms with Gasteiger partial charge in [0.2, 0.25) is 5.79 Å². The molecule has 1 aliphatic rings. The molecule has 0 spiro atoms. The number of benzene rings is 1. The number of rotatable bonds is 5. The zero-order chi connectivity index (χ0) is 17.1. The van der Waals surface area contributed by atoms with E-state index in [1.54, 1.807) is 0 Å². The Hall–Kier alpha value is -2.11. The van der Waals surface area contributed by atoms with Crippen LogP contribution in [-0.4, -0.2) is 30.6 Å². The first-order chi connectivity index (χ1) is 10.6. The number of hydrogen-bond donors (Lipinski definition) is 2. The van der Waals surface area contributed by atoms with Crippen molar-refractivity contribution in [2.24, 2.45) is 0 Å². The summed E-state index contributed by atoms with van der Waals surface area (Å²) in [5, 5.41) is 6.03. The predicted molar refractivity (Wildman–Crippen MR) is 89.1 cm³/mol. The van der Waals surface area contributed by atoms with Crippen LogP contribution in [0.4, 0.5) is 10.5 Å². The first-order valence-corrected chi connectivity index (χ1v) is 7.87. The molecule has 0 unspecified atom stereocenters. The minimum atomic E-state index is -0.613. The lowest BCUT2D eigenvalue weighted by atomic mass is 10.2. The third kappa shape index (κ3) is 5.54. The molecule has 1 heterocycles. The highest BCUT2D eigenvalue weighted by Gasteiger charge is 2.31. The molecule has 128 valence electrons. The molecule has 0 bridgehead atoms. The van der Waals surface area contributed by atoms with Gasteiger partial charge >= 0.3 is 6.09 Å². The van der Waals surface area contributed by atoms with Crippen LogP contribution in [0.2, 0.25) is 0 Å². The van der Waals surface area contributed by atoms with Gasteiger partial charge in [-0.15, -0.1) is 0 Å². The Balaban J connectivity index is 1.69. The minimum Gasteiger partial charge on any atom is -0.449 e. The maximum Gasteiger partial charge on any atom is 0.407 e. The summed E-state index contributed by atoms with van der Waals surface area (Å²) in [6.45, 7) is 10.6. The highest BCUT2D eigenvalue weighted by Crippen LogP contribution is 2.40. The lowest BCUT2D eigenvalue weighted by molar-refractivity contribution is -0.0431. The third-order valence-corrected chi connectivity index (χ3v) is 3.01. The molecule has 1 aromatic carbocycles. The molecule has 1 amide bonds. The standard InChI is InChI=1S/C17H26N2O4/c1-16(2,3)23-15(20)19-10-6-9-18-12-7-8-13-14(11-12)22-17(4,5)21-13/h7-8,11,18H,6,9-10H2,1-5H3,(H,19,20). The van der Waals surface area contributed by atoms with E-state index in [9.17, 15) is 4.79 Å². The molecule has 0 radical (unpaired) electrons. The number of amides is 1. The van der Waals surface area contributed by atoms with Gasteiger partial charge in [-0.1, -0.05) is 0 Å². The summed E-state index contributed by atoms with van der Waals surface area (Å²) in [5.41, 5.74) is 0.491. The fourth-order valence-corrected chi connectivity index (χ4v) is 2.16. The van der Waals surface area contributed by atoms with Crippen molar-refractivity contribution < 1.29 is 19.0 Å². The molecular weight excluding hydrogens is 296 g/mol. The SMILES string of the molecule is CC(C)(C)OC(=O)NCCCNc1ccc2c(c1)OC(C)(C)O2. The zero-order valence-electron chi connectivity index (χ0n) is 14.5. The van der Waals surface area contributed by atoms with Crippen molar-refractivity contribution in [2.75, 3.05) is 18.4 Å². The van der Waals surface area contributed by atoms with E-state index in [1.165, 1.54) is 0 Å². The topological polar surface area (TPSA) is 68.8 Å². The highest BCUT2D eigenvalue weighted by atomic mass is 16.7. The second kappa shape index (κ2) is 6.56. The second-order valence-corrected chi connectivity index (χ2v) is 6.97. The Morgan fingerprint density at radius 2 is 1.87 bits per heavy atom. The second-order valence-electron chi connectivity index (χ2n) is 6.97. The summed E-state index contributed by atoms with van der Waals surface area (Å²) < 4.78 is 16.5. The van der Waals surface area contributed by atoms with E-state index in [2.05, 4.69) is 10.6 Å². The van der Waals surface area contributed by atoms with Gasteiger partial charge in [0.05, 0.1) is 0 Å². The van der Waals surface area contributed by atoms with E-state index in [4.69, 9.17) is 14.2 Å². The summed E-state index contributed by atoms with van der Waals surface area (Å²) >= 11 is 0.